The molecular weight excluding hydrogens is 537 g/mol. The quantitative estimate of drug-likeness (QED) is 0.339. The molecule has 0 spiro atoms. The second-order valence-corrected chi connectivity index (χ2v) is 9.55. The van der Waals surface area contributed by atoms with Gasteiger partial charge in [0.1, 0.15) is 11.3 Å². The Balaban J connectivity index is 1.88. The Bertz CT molecular complexity index is 1450. The number of carbonyl (C=O) groups is 1. The Morgan fingerprint density at radius 1 is 1.24 bits per heavy atom. The highest BCUT2D eigenvalue weighted by atomic mass is 79.9. The highest BCUT2D eigenvalue weighted by molar-refractivity contribution is 9.10. The van der Waals surface area contributed by atoms with Crippen molar-refractivity contribution in [1.29, 1.82) is 0 Å². The van der Waals surface area contributed by atoms with E-state index in [4.69, 9.17) is 32.4 Å². The molecule has 0 aliphatic carbocycles. The maximum atomic E-state index is 12.7. The summed E-state index contributed by atoms with van der Waals surface area (Å²) in [5, 5.41) is 7.74. The third kappa shape index (κ3) is 5.02. The van der Waals surface area contributed by atoms with Crippen molar-refractivity contribution in [3.63, 3.8) is 0 Å². The van der Waals surface area contributed by atoms with Crippen LogP contribution >= 0.6 is 39.1 Å². The van der Waals surface area contributed by atoms with Crippen molar-refractivity contribution in [2.75, 3.05) is 5.32 Å². The normalized spacial score (nSPS) is 11.6. The molecule has 0 aliphatic heterocycles. The number of ether oxygens (including phenoxy) is 1. The van der Waals surface area contributed by atoms with Gasteiger partial charge in [-0.15, -0.1) is 5.10 Å². The molecule has 12 heteroatoms. The average molecular weight is 553 g/mol. The number of aromatic nitrogens is 4. The van der Waals surface area contributed by atoms with Crippen molar-refractivity contribution in [2.24, 2.45) is 0 Å². The predicted octanol–water partition coefficient (Wildman–Crippen LogP) is 5.85. The number of hydrogen-bond donors (Lipinski definition) is 1. The minimum atomic E-state index is -0.712. The van der Waals surface area contributed by atoms with Crippen LogP contribution in [0.15, 0.2) is 50.2 Å². The number of benzene rings is 1. The molecule has 0 radical (unpaired) electrons. The number of nitrogens with one attached hydrogen (secondary N) is 1. The topological polar surface area (TPSA) is 112 Å². The lowest BCUT2D eigenvalue weighted by molar-refractivity contribution is 0.0635. The van der Waals surface area contributed by atoms with Gasteiger partial charge in [0.05, 0.1) is 15.9 Å². The van der Waals surface area contributed by atoms with E-state index in [1.165, 1.54) is 23.0 Å². The van der Waals surface area contributed by atoms with Crippen LogP contribution in [0.25, 0.3) is 28.3 Å². The SMILES string of the molecule is CC(C)(C)OC(=O)Nc1cc(-c2nc3c(Br)cc(Cl)cc3c(=O)o2)n(-c2ncccc2Cl)n1. The van der Waals surface area contributed by atoms with Gasteiger partial charge in [-0.3, -0.25) is 5.32 Å². The van der Waals surface area contributed by atoms with Gasteiger partial charge in [-0.05, 0) is 61.0 Å². The molecule has 33 heavy (non-hydrogen) atoms. The van der Waals surface area contributed by atoms with Crippen LogP contribution in [0.3, 0.4) is 0 Å². The fourth-order valence-corrected chi connectivity index (χ4v) is 4.01. The maximum Gasteiger partial charge on any atom is 0.413 e. The molecule has 0 saturated heterocycles. The molecule has 1 N–H and O–H groups in total. The second kappa shape index (κ2) is 8.77. The number of hydrogen-bond acceptors (Lipinski definition) is 7. The Hall–Kier alpha value is -2.95. The summed E-state index contributed by atoms with van der Waals surface area (Å²) in [4.78, 5) is 33.7. The van der Waals surface area contributed by atoms with Crippen molar-refractivity contribution in [3.05, 3.63) is 61.5 Å². The number of fused-ring (bicyclic) bond motifs is 1. The highest BCUT2D eigenvalue weighted by Gasteiger charge is 2.23. The molecular formula is C21H16BrCl2N5O4. The van der Waals surface area contributed by atoms with Crippen LogP contribution in [-0.4, -0.2) is 31.4 Å². The molecule has 3 aromatic heterocycles. The number of anilines is 1. The van der Waals surface area contributed by atoms with Crippen LogP contribution in [0.5, 0.6) is 0 Å². The first-order chi connectivity index (χ1) is 15.5. The summed E-state index contributed by atoms with van der Waals surface area (Å²) < 4.78 is 12.6. The molecule has 0 unspecified atom stereocenters. The summed E-state index contributed by atoms with van der Waals surface area (Å²) in [5.74, 6) is 0.286. The second-order valence-electron chi connectivity index (χ2n) is 7.85. The predicted molar refractivity (Wildman–Crippen MR) is 128 cm³/mol. The number of nitrogens with zero attached hydrogens (tertiary/aromatic N) is 4. The summed E-state index contributed by atoms with van der Waals surface area (Å²) in [6, 6.07) is 7.83. The van der Waals surface area contributed by atoms with E-state index in [9.17, 15) is 9.59 Å². The molecule has 1 amide bonds. The third-order valence-electron chi connectivity index (χ3n) is 4.15. The minimum absolute atomic E-state index is 0.0676. The summed E-state index contributed by atoms with van der Waals surface area (Å²) in [7, 11) is 0. The third-order valence-corrected chi connectivity index (χ3v) is 5.27. The van der Waals surface area contributed by atoms with Gasteiger partial charge < -0.3 is 9.15 Å². The van der Waals surface area contributed by atoms with E-state index in [0.29, 0.717) is 15.0 Å². The molecule has 3 heterocycles. The first-order valence-electron chi connectivity index (χ1n) is 9.53. The summed E-state index contributed by atoms with van der Waals surface area (Å²) >= 11 is 15.7. The van der Waals surface area contributed by atoms with Crippen LogP contribution < -0.4 is 10.9 Å². The van der Waals surface area contributed by atoms with Gasteiger partial charge >= 0.3 is 11.7 Å². The molecule has 4 rings (SSSR count). The van der Waals surface area contributed by atoms with Crippen LogP contribution in [-0.2, 0) is 4.74 Å². The fraction of sp³-hybridized carbons (Fsp3) is 0.190. The molecule has 0 saturated carbocycles. The van der Waals surface area contributed by atoms with Crippen LogP contribution in [0.1, 0.15) is 20.8 Å². The van der Waals surface area contributed by atoms with Gasteiger partial charge in [0.25, 0.3) is 0 Å². The Morgan fingerprint density at radius 3 is 2.70 bits per heavy atom. The van der Waals surface area contributed by atoms with Gasteiger partial charge in [0.2, 0.25) is 5.89 Å². The zero-order valence-corrected chi connectivity index (χ0v) is 20.6. The van der Waals surface area contributed by atoms with Crippen molar-refractivity contribution in [3.8, 4) is 17.4 Å². The number of pyridine rings is 1. The van der Waals surface area contributed by atoms with Crippen LogP contribution in [0.2, 0.25) is 10.0 Å². The molecule has 0 atom stereocenters. The van der Waals surface area contributed by atoms with E-state index in [2.05, 4.69) is 36.3 Å². The number of amides is 1. The lowest BCUT2D eigenvalue weighted by Gasteiger charge is -2.19. The fourth-order valence-electron chi connectivity index (χ4n) is 2.91. The minimum Gasteiger partial charge on any atom is -0.444 e. The van der Waals surface area contributed by atoms with E-state index in [0.717, 1.165) is 0 Å². The molecule has 1 aromatic carbocycles. The number of rotatable bonds is 3. The highest BCUT2D eigenvalue weighted by Crippen LogP contribution is 2.30. The summed E-state index contributed by atoms with van der Waals surface area (Å²) in [5.41, 5.74) is -0.797. The van der Waals surface area contributed by atoms with Gasteiger partial charge in [-0.1, -0.05) is 23.2 Å². The molecule has 0 aliphatic rings. The summed E-state index contributed by atoms with van der Waals surface area (Å²) in [6.07, 6.45) is 0.812. The van der Waals surface area contributed by atoms with Gasteiger partial charge in [-0.25, -0.2) is 24.2 Å². The zero-order valence-electron chi connectivity index (χ0n) is 17.5. The van der Waals surface area contributed by atoms with Gasteiger partial charge in [0.15, 0.2) is 11.6 Å². The van der Waals surface area contributed by atoms with Crippen molar-refractivity contribution in [2.45, 2.75) is 26.4 Å². The summed E-state index contributed by atoms with van der Waals surface area (Å²) in [6.45, 7) is 5.21. The molecule has 170 valence electrons. The van der Waals surface area contributed by atoms with Gasteiger partial charge in [0, 0.05) is 21.8 Å². The van der Waals surface area contributed by atoms with E-state index in [1.807, 2.05) is 0 Å². The van der Waals surface area contributed by atoms with E-state index in [1.54, 1.807) is 39.0 Å². The van der Waals surface area contributed by atoms with Crippen molar-refractivity contribution < 1.29 is 13.9 Å². The molecule has 0 bridgehead atoms. The maximum absolute atomic E-state index is 12.7. The average Bonchev–Trinajstić information content (AvgIpc) is 3.10. The monoisotopic (exact) mass is 551 g/mol. The van der Waals surface area contributed by atoms with Crippen molar-refractivity contribution in [1.82, 2.24) is 19.7 Å². The standard InChI is InChI=1S/C21H16BrCl2N5O4/c1-21(2,3)33-20(31)26-15-9-14(29(28-15)17-13(24)5-4-6-25-17)18-27-16-11(19(30)32-18)7-10(23)8-12(16)22/h4-9H,1-3H3,(H,26,28,31). The number of halogens is 3. The Labute approximate surface area is 205 Å². The lowest BCUT2D eigenvalue weighted by atomic mass is 10.2. The van der Waals surface area contributed by atoms with Crippen molar-refractivity contribution >= 4 is 61.9 Å². The van der Waals surface area contributed by atoms with Gasteiger partial charge in [-0.2, -0.15) is 0 Å². The van der Waals surface area contributed by atoms with E-state index >= 15 is 0 Å². The van der Waals surface area contributed by atoms with Crippen LogP contribution in [0, 0.1) is 0 Å². The first kappa shape index (κ1) is 23.2. The van der Waals surface area contributed by atoms with E-state index in [-0.39, 0.29) is 33.6 Å². The Morgan fingerprint density at radius 2 is 2.00 bits per heavy atom. The molecule has 9 nitrogen and oxygen atoms in total. The smallest absolute Gasteiger partial charge is 0.413 e. The molecule has 4 aromatic rings. The lowest BCUT2D eigenvalue weighted by Crippen LogP contribution is -2.27. The zero-order chi connectivity index (χ0) is 23.9. The Kier molecular flexibility index (Phi) is 6.17. The largest absolute Gasteiger partial charge is 0.444 e. The van der Waals surface area contributed by atoms with E-state index < -0.39 is 17.3 Å². The van der Waals surface area contributed by atoms with Crippen LogP contribution in [0.4, 0.5) is 10.6 Å². The number of carbonyl (C=O) groups excluding carboxylic acids is 1. The first-order valence-corrected chi connectivity index (χ1v) is 11.1. The molecule has 0 fully saturated rings.